The summed E-state index contributed by atoms with van der Waals surface area (Å²) < 4.78 is 10.8. The van der Waals surface area contributed by atoms with Gasteiger partial charge in [-0.15, -0.1) is 0 Å². The van der Waals surface area contributed by atoms with Crippen LogP contribution in [0.15, 0.2) is 0 Å². The van der Waals surface area contributed by atoms with Crippen molar-refractivity contribution in [3.05, 3.63) is 0 Å². The quantitative estimate of drug-likeness (QED) is 0.739. The molecule has 3 unspecified atom stereocenters. The molecule has 0 saturated carbocycles. The first-order valence-corrected chi connectivity index (χ1v) is 6.33. The van der Waals surface area contributed by atoms with Gasteiger partial charge in [0.25, 0.3) is 0 Å². The largest absolute Gasteiger partial charge is 0.386 e. The molecule has 0 amide bonds. The van der Waals surface area contributed by atoms with Crippen LogP contribution in [-0.4, -0.2) is 49.7 Å². The van der Waals surface area contributed by atoms with Crippen LogP contribution in [0.4, 0.5) is 0 Å². The van der Waals surface area contributed by atoms with E-state index in [-0.39, 0.29) is 6.10 Å². The zero-order chi connectivity index (χ0) is 11.4. The number of ether oxygens (including phenoxy) is 2. The highest BCUT2D eigenvalue weighted by Gasteiger charge is 2.39. The summed E-state index contributed by atoms with van der Waals surface area (Å²) >= 11 is 0. The zero-order valence-corrected chi connectivity index (χ0v) is 10.1. The smallest absolute Gasteiger partial charge is 0.105 e. The van der Waals surface area contributed by atoms with Crippen molar-refractivity contribution < 1.29 is 14.6 Å². The third-order valence-corrected chi connectivity index (χ3v) is 3.78. The van der Waals surface area contributed by atoms with E-state index in [0.29, 0.717) is 19.1 Å². The summed E-state index contributed by atoms with van der Waals surface area (Å²) in [6.45, 7) is 5.95. The topological polar surface area (TPSA) is 50.7 Å². The minimum Gasteiger partial charge on any atom is -0.386 e. The number of aliphatic hydroxyl groups is 1. The van der Waals surface area contributed by atoms with Gasteiger partial charge in [-0.1, -0.05) is 0 Å². The van der Waals surface area contributed by atoms with Gasteiger partial charge in [-0.25, -0.2) is 0 Å². The normalized spacial score (nSPS) is 40.1. The Morgan fingerprint density at radius 2 is 2.31 bits per heavy atom. The molecule has 2 rings (SSSR count). The Bertz CT molecular complexity index is 218. The van der Waals surface area contributed by atoms with E-state index in [0.717, 1.165) is 32.6 Å². The molecule has 2 fully saturated rings. The third kappa shape index (κ3) is 2.94. The van der Waals surface area contributed by atoms with Gasteiger partial charge in [0, 0.05) is 32.7 Å². The van der Waals surface area contributed by atoms with Gasteiger partial charge in [0.05, 0.1) is 12.7 Å². The molecule has 0 aromatic heterocycles. The van der Waals surface area contributed by atoms with Gasteiger partial charge >= 0.3 is 0 Å². The van der Waals surface area contributed by atoms with E-state index in [1.807, 2.05) is 6.92 Å². The highest BCUT2D eigenvalue weighted by molar-refractivity contribution is 4.91. The molecule has 2 aliphatic heterocycles. The Balaban J connectivity index is 1.66. The number of hydrogen-bond donors (Lipinski definition) is 2. The van der Waals surface area contributed by atoms with Gasteiger partial charge in [0.1, 0.15) is 5.60 Å². The molecule has 4 nitrogen and oxygen atoms in total. The Hall–Kier alpha value is -0.160. The maximum atomic E-state index is 10.3. The Labute approximate surface area is 97.3 Å². The van der Waals surface area contributed by atoms with Gasteiger partial charge in [-0.05, 0) is 25.7 Å². The first-order valence-electron chi connectivity index (χ1n) is 6.33. The SMILES string of the molecule is CC1OCCC1(O)CNCC1CCCOC1. The van der Waals surface area contributed by atoms with E-state index < -0.39 is 5.60 Å². The molecule has 2 saturated heterocycles. The maximum absolute atomic E-state index is 10.3. The van der Waals surface area contributed by atoms with E-state index in [9.17, 15) is 5.11 Å². The van der Waals surface area contributed by atoms with Gasteiger partial charge in [0.15, 0.2) is 0 Å². The van der Waals surface area contributed by atoms with E-state index >= 15 is 0 Å². The summed E-state index contributed by atoms with van der Waals surface area (Å²) in [5, 5.41) is 13.6. The molecule has 0 aromatic rings. The Morgan fingerprint density at radius 1 is 1.44 bits per heavy atom. The highest BCUT2D eigenvalue weighted by Crippen LogP contribution is 2.24. The predicted molar refractivity (Wildman–Crippen MR) is 61.4 cm³/mol. The van der Waals surface area contributed by atoms with E-state index in [2.05, 4.69) is 5.32 Å². The van der Waals surface area contributed by atoms with Crippen LogP contribution in [0.5, 0.6) is 0 Å². The lowest BCUT2D eigenvalue weighted by Gasteiger charge is -2.28. The van der Waals surface area contributed by atoms with E-state index in [1.54, 1.807) is 0 Å². The molecule has 4 heteroatoms. The van der Waals surface area contributed by atoms with Crippen LogP contribution in [0.1, 0.15) is 26.2 Å². The molecule has 0 bridgehead atoms. The molecule has 0 aliphatic carbocycles. The molecule has 94 valence electrons. The van der Waals surface area contributed by atoms with Crippen molar-refractivity contribution in [2.75, 3.05) is 32.9 Å². The van der Waals surface area contributed by atoms with Crippen LogP contribution < -0.4 is 5.32 Å². The number of rotatable bonds is 4. The van der Waals surface area contributed by atoms with Crippen molar-refractivity contribution in [1.82, 2.24) is 5.32 Å². The van der Waals surface area contributed by atoms with Crippen LogP contribution in [0.2, 0.25) is 0 Å². The van der Waals surface area contributed by atoms with Crippen LogP contribution in [0, 0.1) is 5.92 Å². The standard InChI is InChI=1S/C12H23NO3/c1-10-12(14,4-6-16-10)9-13-7-11-3-2-5-15-8-11/h10-11,13-14H,2-9H2,1H3. The monoisotopic (exact) mass is 229 g/mol. The Morgan fingerprint density at radius 3 is 2.94 bits per heavy atom. The fourth-order valence-corrected chi connectivity index (χ4v) is 2.46. The maximum Gasteiger partial charge on any atom is 0.105 e. The molecule has 2 N–H and O–H groups in total. The van der Waals surface area contributed by atoms with Crippen molar-refractivity contribution in [3.63, 3.8) is 0 Å². The van der Waals surface area contributed by atoms with Crippen molar-refractivity contribution >= 4 is 0 Å². The van der Waals surface area contributed by atoms with Gasteiger partial charge in [0.2, 0.25) is 0 Å². The average Bonchev–Trinajstić information content (AvgIpc) is 2.61. The van der Waals surface area contributed by atoms with Gasteiger partial charge in [-0.3, -0.25) is 0 Å². The van der Waals surface area contributed by atoms with Crippen LogP contribution in [-0.2, 0) is 9.47 Å². The summed E-state index contributed by atoms with van der Waals surface area (Å²) in [6, 6.07) is 0. The highest BCUT2D eigenvalue weighted by atomic mass is 16.5. The van der Waals surface area contributed by atoms with Crippen molar-refractivity contribution in [1.29, 1.82) is 0 Å². The fraction of sp³-hybridized carbons (Fsp3) is 1.00. The summed E-state index contributed by atoms with van der Waals surface area (Å²) in [7, 11) is 0. The van der Waals surface area contributed by atoms with E-state index in [1.165, 1.54) is 6.42 Å². The second-order valence-corrected chi connectivity index (χ2v) is 5.08. The summed E-state index contributed by atoms with van der Waals surface area (Å²) in [5.41, 5.74) is -0.671. The second-order valence-electron chi connectivity index (χ2n) is 5.08. The second kappa shape index (κ2) is 5.45. The first kappa shape index (κ1) is 12.3. The molecular weight excluding hydrogens is 206 g/mol. The molecule has 16 heavy (non-hydrogen) atoms. The fourth-order valence-electron chi connectivity index (χ4n) is 2.46. The Kier molecular flexibility index (Phi) is 4.19. The lowest BCUT2D eigenvalue weighted by atomic mass is 9.96. The number of nitrogens with one attached hydrogen (secondary N) is 1. The molecule has 3 atom stereocenters. The van der Waals surface area contributed by atoms with Gasteiger partial charge < -0.3 is 19.9 Å². The van der Waals surface area contributed by atoms with Crippen molar-refractivity contribution in [2.24, 2.45) is 5.92 Å². The van der Waals surface area contributed by atoms with Crippen molar-refractivity contribution in [3.8, 4) is 0 Å². The molecular formula is C12H23NO3. The minimum absolute atomic E-state index is 0.0531. The van der Waals surface area contributed by atoms with Crippen LogP contribution in [0.25, 0.3) is 0 Å². The van der Waals surface area contributed by atoms with Crippen molar-refractivity contribution in [2.45, 2.75) is 37.9 Å². The first-order chi connectivity index (χ1) is 7.71. The van der Waals surface area contributed by atoms with Gasteiger partial charge in [-0.2, -0.15) is 0 Å². The predicted octanol–water partition coefficient (Wildman–Crippen LogP) is 0.542. The molecule has 0 spiro atoms. The molecule has 0 radical (unpaired) electrons. The third-order valence-electron chi connectivity index (χ3n) is 3.78. The average molecular weight is 229 g/mol. The number of hydrogen-bond acceptors (Lipinski definition) is 4. The van der Waals surface area contributed by atoms with Crippen LogP contribution in [0.3, 0.4) is 0 Å². The van der Waals surface area contributed by atoms with E-state index in [4.69, 9.17) is 9.47 Å². The molecule has 0 aromatic carbocycles. The summed E-state index contributed by atoms with van der Waals surface area (Å²) in [6.07, 6.45) is 3.08. The van der Waals surface area contributed by atoms with Crippen LogP contribution >= 0.6 is 0 Å². The molecule has 2 aliphatic rings. The lowest BCUT2D eigenvalue weighted by molar-refractivity contribution is -0.0279. The molecule has 2 heterocycles. The summed E-state index contributed by atoms with van der Waals surface area (Å²) in [5.74, 6) is 0.606. The lowest BCUT2D eigenvalue weighted by Crippen LogP contribution is -2.47. The zero-order valence-electron chi connectivity index (χ0n) is 10.1. The minimum atomic E-state index is -0.671. The summed E-state index contributed by atoms with van der Waals surface area (Å²) in [4.78, 5) is 0.